The average Bonchev–Trinajstić information content (AvgIpc) is 2.43. The Morgan fingerprint density at radius 3 is 2.48 bits per heavy atom. The summed E-state index contributed by atoms with van der Waals surface area (Å²) in [6, 6.07) is 7.44. The molecule has 2 amide bonds. The van der Waals surface area contributed by atoms with Crippen LogP contribution >= 0.6 is 11.8 Å². The van der Waals surface area contributed by atoms with Crippen molar-refractivity contribution in [2.45, 2.75) is 25.2 Å². The van der Waals surface area contributed by atoms with Crippen LogP contribution < -0.4 is 5.73 Å². The molecule has 0 spiro atoms. The maximum absolute atomic E-state index is 12.8. The summed E-state index contributed by atoms with van der Waals surface area (Å²) < 4.78 is 0. The molecule has 1 saturated heterocycles. The fourth-order valence-corrected chi connectivity index (χ4v) is 3.70. The Hall–Kier alpha value is -1.49. The number of piperidine rings is 1. The number of hydrogen-bond donors (Lipinski definition) is 1. The minimum atomic E-state index is -0.373. The zero-order valence-corrected chi connectivity index (χ0v) is 13.4. The van der Waals surface area contributed by atoms with E-state index < -0.39 is 0 Å². The van der Waals surface area contributed by atoms with E-state index in [1.807, 2.05) is 29.2 Å². The van der Waals surface area contributed by atoms with E-state index >= 15 is 0 Å². The summed E-state index contributed by atoms with van der Waals surface area (Å²) in [4.78, 5) is 26.5. The first-order valence-corrected chi connectivity index (χ1v) is 8.25. The lowest BCUT2D eigenvalue weighted by atomic mass is 9.91. The van der Waals surface area contributed by atoms with Crippen LogP contribution in [0.4, 0.5) is 0 Å². The molecular formula is C16H22N2O2S. The number of carbonyl (C=O) groups excluding carboxylic acids is 2. The van der Waals surface area contributed by atoms with Crippen LogP contribution in [0, 0.1) is 11.8 Å². The molecule has 0 saturated carbocycles. The van der Waals surface area contributed by atoms with Crippen molar-refractivity contribution in [3.8, 4) is 0 Å². The molecule has 1 aromatic carbocycles. The van der Waals surface area contributed by atoms with Crippen molar-refractivity contribution >= 4 is 23.6 Å². The number of nitrogens with two attached hydrogens (primary N) is 1. The van der Waals surface area contributed by atoms with Gasteiger partial charge in [0.1, 0.15) is 0 Å². The van der Waals surface area contributed by atoms with Crippen molar-refractivity contribution in [1.29, 1.82) is 0 Å². The Labute approximate surface area is 130 Å². The molecular weight excluding hydrogens is 284 g/mol. The number of benzene rings is 1. The maximum atomic E-state index is 12.8. The molecule has 4 nitrogen and oxygen atoms in total. The Kier molecular flexibility index (Phi) is 5.28. The van der Waals surface area contributed by atoms with Crippen molar-refractivity contribution in [3.63, 3.8) is 0 Å². The molecule has 1 aliphatic heterocycles. The van der Waals surface area contributed by atoms with Crippen molar-refractivity contribution in [1.82, 2.24) is 4.90 Å². The van der Waals surface area contributed by atoms with Crippen LogP contribution in [0.2, 0.25) is 0 Å². The molecule has 0 bridgehead atoms. The lowest BCUT2D eigenvalue weighted by molar-refractivity contribution is -0.115. The first kappa shape index (κ1) is 15.9. The van der Waals surface area contributed by atoms with Crippen LogP contribution in [0.5, 0.6) is 0 Å². The summed E-state index contributed by atoms with van der Waals surface area (Å²) in [6.07, 6.45) is 1.17. The number of nitrogens with zero attached hydrogens (tertiary/aromatic N) is 1. The summed E-state index contributed by atoms with van der Waals surface area (Å²) in [5.74, 6) is 0.937. The molecule has 2 N–H and O–H groups in total. The highest BCUT2D eigenvalue weighted by atomic mass is 32.2. The van der Waals surface area contributed by atoms with Crippen LogP contribution in [0.15, 0.2) is 29.2 Å². The summed E-state index contributed by atoms with van der Waals surface area (Å²) in [7, 11) is 0. The Bertz CT molecular complexity index is 523. The lowest BCUT2D eigenvalue weighted by Gasteiger charge is -2.35. The van der Waals surface area contributed by atoms with E-state index in [1.54, 1.807) is 0 Å². The lowest BCUT2D eigenvalue weighted by Crippen LogP contribution is -2.42. The molecule has 1 fully saturated rings. The third-order valence-electron chi connectivity index (χ3n) is 3.64. The number of thioether (sulfide) groups is 1. The van der Waals surface area contributed by atoms with Gasteiger partial charge in [0, 0.05) is 18.0 Å². The highest BCUT2D eigenvalue weighted by Crippen LogP contribution is 2.27. The van der Waals surface area contributed by atoms with Crippen LogP contribution in [-0.4, -0.2) is 35.6 Å². The van der Waals surface area contributed by atoms with Gasteiger partial charge in [-0.3, -0.25) is 9.59 Å². The SMILES string of the molecule is CC1CC(C)CN(C(=O)c2ccccc2SCC(N)=O)C1. The van der Waals surface area contributed by atoms with Gasteiger partial charge in [-0.1, -0.05) is 26.0 Å². The predicted molar refractivity (Wildman–Crippen MR) is 85.2 cm³/mol. The van der Waals surface area contributed by atoms with Crippen LogP contribution in [0.1, 0.15) is 30.6 Å². The van der Waals surface area contributed by atoms with Gasteiger partial charge in [0.25, 0.3) is 5.91 Å². The van der Waals surface area contributed by atoms with E-state index in [9.17, 15) is 9.59 Å². The molecule has 1 aliphatic rings. The van der Waals surface area contributed by atoms with Gasteiger partial charge in [-0.25, -0.2) is 0 Å². The summed E-state index contributed by atoms with van der Waals surface area (Å²) in [6.45, 7) is 5.98. The first-order chi connectivity index (χ1) is 9.97. The van der Waals surface area contributed by atoms with E-state index in [4.69, 9.17) is 5.73 Å². The number of amides is 2. The topological polar surface area (TPSA) is 63.4 Å². The number of rotatable bonds is 4. The Morgan fingerprint density at radius 1 is 1.24 bits per heavy atom. The fourth-order valence-electron chi connectivity index (χ4n) is 2.92. The molecule has 114 valence electrons. The van der Waals surface area contributed by atoms with E-state index in [2.05, 4.69) is 13.8 Å². The molecule has 0 aliphatic carbocycles. The van der Waals surface area contributed by atoms with Gasteiger partial charge in [-0.2, -0.15) is 0 Å². The van der Waals surface area contributed by atoms with Gasteiger partial charge in [-0.15, -0.1) is 11.8 Å². The van der Waals surface area contributed by atoms with Crippen molar-refractivity contribution < 1.29 is 9.59 Å². The van der Waals surface area contributed by atoms with E-state index in [0.29, 0.717) is 17.4 Å². The van der Waals surface area contributed by atoms with E-state index in [-0.39, 0.29) is 17.6 Å². The Balaban J connectivity index is 2.16. The minimum absolute atomic E-state index is 0.0565. The normalized spacial score (nSPS) is 22.1. The number of likely N-dealkylation sites (tertiary alicyclic amines) is 1. The smallest absolute Gasteiger partial charge is 0.255 e. The van der Waals surface area contributed by atoms with Gasteiger partial charge >= 0.3 is 0 Å². The molecule has 5 heteroatoms. The summed E-state index contributed by atoms with van der Waals surface area (Å²) in [5, 5.41) is 0. The summed E-state index contributed by atoms with van der Waals surface area (Å²) >= 11 is 1.33. The van der Waals surface area contributed by atoms with Crippen LogP contribution in [-0.2, 0) is 4.79 Å². The fraction of sp³-hybridized carbons (Fsp3) is 0.500. The van der Waals surface area contributed by atoms with Crippen molar-refractivity contribution in [3.05, 3.63) is 29.8 Å². The zero-order valence-electron chi connectivity index (χ0n) is 12.5. The van der Waals surface area contributed by atoms with Gasteiger partial charge in [-0.05, 0) is 30.4 Å². The van der Waals surface area contributed by atoms with Gasteiger partial charge in [0.2, 0.25) is 5.91 Å². The second-order valence-electron chi connectivity index (χ2n) is 5.91. The number of carbonyl (C=O) groups is 2. The molecule has 2 atom stereocenters. The summed E-state index contributed by atoms with van der Waals surface area (Å²) in [5.41, 5.74) is 5.86. The van der Waals surface area contributed by atoms with E-state index in [1.165, 1.54) is 18.2 Å². The van der Waals surface area contributed by atoms with Crippen molar-refractivity contribution in [2.24, 2.45) is 17.6 Å². The highest BCUT2D eigenvalue weighted by molar-refractivity contribution is 8.00. The molecule has 0 radical (unpaired) electrons. The molecule has 1 heterocycles. The third kappa shape index (κ3) is 4.24. The maximum Gasteiger partial charge on any atom is 0.255 e. The molecule has 2 rings (SSSR count). The average molecular weight is 306 g/mol. The monoisotopic (exact) mass is 306 g/mol. The second-order valence-corrected chi connectivity index (χ2v) is 6.92. The quantitative estimate of drug-likeness (QED) is 0.869. The number of hydrogen-bond acceptors (Lipinski definition) is 3. The molecule has 0 aromatic heterocycles. The molecule has 1 aromatic rings. The predicted octanol–water partition coefficient (Wildman–Crippen LogP) is 2.38. The third-order valence-corrected chi connectivity index (χ3v) is 4.74. The van der Waals surface area contributed by atoms with Gasteiger partial charge in [0.05, 0.1) is 11.3 Å². The van der Waals surface area contributed by atoms with Crippen LogP contribution in [0.25, 0.3) is 0 Å². The highest BCUT2D eigenvalue weighted by Gasteiger charge is 2.27. The molecule has 2 unspecified atom stereocenters. The van der Waals surface area contributed by atoms with Gasteiger partial charge in [0.15, 0.2) is 0 Å². The Morgan fingerprint density at radius 2 is 1.86 bits per heavy atom. The van der Waals surface area contributed by atoms with Crippen LogP contribution in [0.3, 0.4) is 0 Å². The second kappa shape index (κ2) is 6.98. The zero-order chi connectivity index (χ0) is 15.4. The molecule has 21 heavy (non-hydrogen) atoms. The van der Waals surface area contributed by atoms with Crippen molar-refractivity contribution in [2.75, 3.05) is 18.8 Å². The number of primary amides is 1. The minimum Gasteiger partial charge on any atom is -0.369 e. The first-order valence-electron chi connectivity index (χ1n) is 7.26. The van der Waals surface area contributed by atoms with Gasteiger partial charge < -0.3 is 10.6 Å². The van der Waals surface area contributed by atoms with E-state index in [0.717, 1.165) is 18.0 Å². The largest absolute Gasteiger partial charge is 0.369 e. The standard InChI is InChI=1S/C16H22N2O2S/c1-11-7-12(2)9-18(8-11)16(20)13-5-3-4-6-14(13)21-10-15(17)19/h3-6,11-12H,7-10H2,1-2H3,(H2,17,19).